The SMILES string of the molecule is OC1C[N+]2(O)CC1C(O)C(O)C2O. The smallest absolute Gasteiger partial charge is 0.249 e. The van der Waals surface area contributed by atoms with Crippen LogP contribution >= 0.6 is 0 Å². The maximum atomic E-state index is 9.71. The maximum absolute atomic E-state index is 9.71. The summed E-state index contributed by atoms with van der Waals surface area (Å²) in [5.74, 6) is -0.552. The summed E-state index contributed by atoms with van der Waals surface area (Å²) in [5, 5.41) is 47.3. The minimum absolute atomic E-state index is 0.0417. The molecule has 0 amide bonds. The van der Waals surface area contributed by atoms with E-state index in [2.05, 4.69) is 0 Å². The van der Waals surface area contributed by atoms with Crippen LogP contribution in [0, 0.1) is 5.92 Å². The summed E-state index contributed by atoms with van der Waals surface area (Å²) >= 11 is 0. The van der Waals surface area contributed by atoms with E-state index in [0.717, 1.165) is 0 Å². The van der Waals surface area contributed by atoms with E-state index in [1.165, 1.54) is 0 Å². The Bertz CT molecular complexity index is 219. The molecule has 2 rings (SSSR count). The Morgan fingerprint density at radius 1 is 0.923 bits per heavy atom. The molecule has 0 saturated carbocycles. The van der Waals surface area contributed by atoms with Gasteiger partial charge < -0.3 is 20.4 Å². The zero-order valence-corrected chi connectivity index (χ0v) is 6.98. The van der Waals surface area contributed by atoms with Crippen LogP contribution in [-0.4, -0.2) is 67.9 Å². The van der Waals surface area contributed by atoms with Gasteiger partial charge >= 0.3 is 0 Å². The van der Waals surface area contributed by atoms with Crippen LogP contribution in [-0.2, 0) is 0 Å². The lowest BCUT2D eigenvalue weighted by atomic mass is 9.92. The molecule has 2 fully saturated rings. The lowest BCUT2D eigenvalue weighted by molar-refractivity contribution is -1.13. The number of piperidine rings is 1. The number of hydrogen-bond acceptors (Lipinski definition) is 5. The zero-order chi connectivity index (χ0) is 9.80. The molecule has 6 nitrogen and oxygen atoms in total. The fourth-order valence-electron chi connectivity index (χ4n) is 2.29. The van der Waals surface area contributed by atoms with Crippen LogP contribution in [0.3, 0.4) is 0 Å². The molecule has 13 heavy (non-hydrogen) atoms. The maximum Gasteiger partial charge on any atom is 0.249 e. The average Bonchev–Trinajstić information content (AvgIpc) is 2.35. The Labute approximate surface area is 74.8 Å². The number of hydrogen-bond donors (Lipinski definition) is 5. The molecule has 6 heteroatoms. The van der Waals surface area contributed by atoms with Crippen LogP contribution in [0.4, 0.5) is 0 Å². The summed E-state index contributed by atoms with van der Waals surface area (Å²) in [6, 6.07) is 0. The van der Waals surface area contributed by atoms with Crippen molar-refractivity contribution in [2.75, 3.05) is 13.1 Å². The number of aliphatic hydroxyl groups is 4. The van der Waals surface area contributed by atoms with E-state index in [1.807, 2.05) is 0 Å². The highest BCUT2D eigenvalue weighted by Crippen LogP contribution is 2.35. The van der Waals surface area contributed by atoms with Crippen LogP contribution < -0.4 is 0 Å². The topological polar surface area (TPSA) is 101 Å². The highest BCUT2D eigenvalue weighted by atomic mass is 16.6. The van der Waals surface area contributed by atoms with E-state index in [-0.39, 0.29) is 13.1 Å². The predicted octanol–water partition coefficient (Wildman–Crippen LogP) is -2.76. The van der Waals surface area contributed by atoms with Crippen molar-refractivity contribution in [2.24, 2.45) is 5.92 Å². The second-order valence-electron chi connectivity index (χ2n) is 3.98. The van der Waals surface area contributed by atoms with Crippen molar-refractivity contribution in [3.8, 4) is 0 Å². The number of quaternary nitrogens is 1. The molecule has 76 valence electrons. The fraction of sp³-hybridized carbons (Fsp3) is 1.00. The molecule has 5 N–H and O–H groups in total. The molecule has 6 atom stereocenters. The molecular formula is C7H14NO5+. The van der Waals surface area contributed by atoms with Crippen molar-refractivity contribution in [3.63, 3.8) is 0 Å². The Morgan fingerprint density at radius 2 is 1.54 bits per heavy atom. The molecule has 0 spiro atoms. The summed E-state index contributed by atoms with van der Waals surface area (Å²) in [6.07, 6.45) is -4.85. The third kappa shape index (κ3) is 1.11. The van der Waals surface area contributed by atoms with Gasteiger partial charge in [0.25, 0.3) is 0 Å². The van der Waals surface area contributed by atoms with E-state index >= 15 is 0 Å². The van der Waals surface area contributed by atoms with Gasteiger partial charge in [0.1, 0.15) is 19.2 Å². The molecule has 0 aliphatic carbocycles. The quantitative estimate of drug-likeness (QED) is 0.268. The summed E-state index contributed by atoms with van der Waals surface area (Å²) in [6.45, 7) is 0.0422. The standard InChI is InChI=1S/C7H14NO5/c9-4-2-8(13)1-3(4)5(10)6(11)7(8)12/h3-7,9-13H,1-2H2/q+1. The lowest BCUT2D eigenvalue weighted by Crippen LogP contribution is -2.63. The van der Waals surface area contributed by atoms with Crippen molar-refractivity contribution in [3.05, 3.63) is 0 Å². The highest BCUT2D eigenvalue weighted by molar-refractivity contribution is 4.90. The van der Waals surface area contributed by atoms with Gasteiger partial charge in [0.05, 0.1) is 12.0 Å². The fourth-order valence-corrected chi connectivity index (χ4v) is 2.29. The van der Waals surface area contributed by atoms with Crippen LogP contribution in [0.25, 0.3) is 0 Å². The zero-order valence-electron chi connectivity index (χ0n) is 6.98. The monoisotopic (exact) mass is 192 g/mol. The molecular weight excluding hydrogens is 178 g/mol. The van der Waals surface area contributed by atoms with Gasteiger partial charge in [0, 0.05) is 0 Å². The van der Waals surface area contributed by atoms with Gasteiger partial charge in [0.2, 0.25) is 6.23 Å². The molecule has 2 bridgehead atoms. The predicted molar refractivity (Wildman–Crippen MR) is 39.3 cm³/mol. The lowest BCUT2D eigenvalue weighted by Gasteiger charge is -2.38. The van der Waals surface area contributed by atoms with Crippen LogP contribution in [0.1, 0.15) is 0 Å². The van der Waals surface area contributed by atoms with Crippen molar-refractivity contribution in [1.29, 1.82) is 0 Å². The van der Waals surface area contributed by atoms with E-state index in [1.54, 1.807) is 0 Å². The second-order valence-corrected chi connectivity index (χ2v) is 3.98. The van der Waals surface area contributed by atoms with Gasteiger partial charge in [0.15, 0.2) is 6.10 Å². The normalized spacial score (nSPS) is 61.2. The second kappa shape index (κ2) is 2.63. The third-order valence-electron chi connectivity index (χ3n) is 3.11. The molecule has 2 aliphatic rings. The number of rotatable bonds is 0. The summed E-state index contributed by atoms with van der Waals surface area (Å²) in [7, 11) is 0. The summed E-state index contributed by atoms with van der Waals surface area (Å²) < 4.78 is -0.760. The molecule has 2 heterocycles. The van der Waals surface area contributed by atoms with Gasteiger partial charge in [-0.25, -0.2) is 5.21 Å². The van der Waals surface area contributed by atoms with Crippen molar-refractivity contribution in [2.45, 2.75) is 24.5 Å². The van der Waals surface area contributed by atoms with Crippen molar-refractivity contribution in [1.82, 2.24) is 0 Å². The van der Waals surface area contributed by atoms with Crippen LogP contribution in [0.2, 0.25) is 0 Å². The van der Waals surface area contributed by atoms with Gasteiger partial charge in [-0.1, -0.05) is 0 Å². The molecule has 2 saturated heterocycles. The van der Waals surface area contributed by atoms with Crippen LogP contribution in [0.15, 0.2) is 0 Å². The largest absolute Gasteiger partial charge is 0.389 e. The Kier molecular flexibility index (Phi) is 1.88. The van der Waals surface area contributed by atoms with E-state index in [0.29, 0.717) is 0 Å². The first-order valence-electron chi connectivity index (χ1n) is 4.27. The molecule has 0 aromatic heterocycles. The van der Waals surface area contributed by atoms with Crippen molar-refractivity contribution < 1.29 is 30.3 Å². The molecule has 0 aromatic carbocycles. The number of aliphatic hydroxyl groups excluding tert-OH is 4. The van der Waals surface area contributed by atoms with Gasteiger partial charge in [-0.3, -0.25) is 0 Å². The number of hydroxylamine groups is 3. The molecule has 0 radical (unpaired) electrons. The number of nitrogens with zero attached hydrogens (tertiary/aromatic N) is 1. The first kappa shape index (κ1) is 9.32. The van der Waals surface area contributed by atoms with Gasteiger partial charge in [-0.05, 0) is 0 Å². The van der Waals surface area contributed by atoms with E-state index < -0.39 is 35.1 Å². The average molecular weight is 192 g/mol. The van der Waals surface area contributed by atoms with Crippen LogP contribution in [0.5, 0.6) is 0 Å². The Morgan fingerprint density at radius 3 is 2.15 bits per heavy atom. The van der Waals surface area contributed by atoms with E-state index in [4.69, 9.17) is 0 Å². The highest BCUT2D eigenvalue weighted by Gasteiger charge is 2.61. The molecule has 2 aliphatic heterocycles. The summed E-state index contributed by atoms with van der Waals surface area (Å²) in [4.78, 5) is 0. The Balaban J connectivity index is 2.30. The number of fused-ring (bicyclic) bond motifs is 2. The van der Waals surface area contributed by atoms with E-state index in [9.17, 15) is 25.6 Å². The summed E-state index contributed by atoms with van der Waals surface area (Å²) in [5.41, 5.74) is 0. The third-order valence-corrected chi connectivity index (χ3v) is 3.11. The first-order valence-corrected chi connectivity index (χ1v) is 4.27. The minimum atomic E-state index is -1.43. The molecule has 6 unspecified atom stereocenters. The molecule has 0 aromatic rings. The minimum Gasteiger partial charge on any atom is -0.389 e. The van der Waals surface area contributed by atoms with Crippen molar-refractivity contribution >= 4 is 0 Å². The first-order chi connectivity index (χ1) is 5.96. The Hall–Kier alpha value is -0.240. The van der Waals surface area contributed by atoms with Gasteiger partial charge in [-0.15, -0.1) is 0 Å². The van der Waals surface area contributed by atoms with Gasteiger partial charge in [-0.2, -0.15) is 4.65 Å².